The fourth-order valence-corrected chi connectivity index (χ4v) is 1.96. The average molecular weight is 260 g/mol. The number of carbonyl (C=O) groups is 1. The number of fused-ring (bicyclic) bond motifs is 1. The number of carbonyl (C=O) groups excluding carboxylic acids is 1. The SMILES string of the molecule is CCOC(=O)c1c(C(C)C)oc2ccccc2c1=O. The topological polar surface area (TPSA) is 56.5 Å². The average Bonchev–Trinajstić information content (AvgIpc) is 2.38. The van der Waals surface area contributed by atoms with Crippen molar-refractivity contribution < 1.29 is 13.9 Å². The van der Waals surface area contributed by atoms with Crippen LogP contribution in [0.25, 0.3) is 11.0 Å². The molecule has 0 radical (unpaired) electrons. The Morgan fingerprint density at radius 3 is 2.63 bits per heavy atom. The molecule has 0 aliphatic carbocycles. The Bertz CT molecular complexity index is 667. The van der Waals surface area contributed by atoms with Gasteiger partial charge in [-0.3, -0.25) is 4.79 Å². The fraction of sp³-hybridized carbons (Fsp3) is 0.333. The van der Waals surface area contributed by atoms with Crippen LogP contribution in [0.15, 0.2) is 33.5 Å². The van der Waals surface area contributed by atoms with Gasteiger partial charge in [-0.25, -0.2) is 4.79 Å². The maximum atomic E-state index is 12.4. The van der Waals surface area contributed by atoms with Crippen LogP contribution in [0.4, 0.5) is 0 Å². The first-order valence-electron chi connectivity index (χ1n) is 6.29. The summed E-state index contributed by atoms with van der Waals surface area (Å²) in [4.78, 5) is 24.4. The van der Waals surface area contributed by atoms with Crippen LogP contribution in [-0.2, 0) is 4.74 Å². The molecule has 100 valence electrons. The van der Waals surface area contributed by atoms with Crippen LogP contribution in [0.3, 0.4) is 0 Å². The van der Waals surface area contributed by atoms with Crippen molar-refractivity contribution in [3.8, 4) is 0 Å². The van der Waals surface area contributed by atoms with Crippen molar-refractivity contribution in [3.63, 3.8) is 0 Å². The van der Waals surface area contributed by atoms with Gasteiger partial charge in [0, 0.05) is 5.92 Å². The molecule has 0 amide bonds. The highest BCUT2D eigenvalue weighted by atomic mass is 16.5. The molecular formula is C15H16O4. The summed E-state index contributed by atoms with van der Waals surface area (Å²) in [6.07, 6.45) is 0. The largest absolute Gasteiger partial charge is 0.462 e. The third kappa shape index (κ3) is 2.38. The zero-order valence-corrected chi connectivity index (χ0v) is 11.2. The lowest BCUT2D eigenvalue weighted by Gasteiger charge is -2.11. The van der Waals surface area contributed by atoms with Gasteiger partial charge in [0.05, 0.1) is 12.0 Å². The monoisotopic (exact) mass is 260 g/mol. The molecule has 0 N–H and O–H groups in total. The minimum Gasteiger partial charge on any atom is -0.462 e. The molecule has 0 bridgehead atoms. The quantitative estimate of drug-likeness (QED) is 0.796. The minimum atomic E-state index is -0.620. The zero-order chi connectivity index (χ0) is 14.0. The Kier molecular flexibility index (Phi) is 3.69. The summed E-state index contributed by atoms with van der Waals surface area (Å²) < 4.78 is 10.7. The molecule has 4 heteroatoms. The van der Waals surface area contributed by atoms with Gasteiger partial charge in [-0.05, 0) is 19.1 Å². The predicted molar refractivity (Wildman–Crippen MR) is 72.5 cm³/mol. The number of esters is 1. The third-order valence-corrected chi connectivity index (χ3v) is 2.83. The Morgan fingerprint density at radius 2 is 2.00 bits per heavy atom. The van der Waals surface area contributed by atoms with Gasteiger partial charge in [0.15, 0.2) is 0 Å². The van der Waals surface area contributed by atoms with Gasteiger partial charge in [-0.2, -0.15) is 0 Å². The van der Waals surface area contributed by atoms with Gasteiger partial charge in [-0.1, -0.05) is 26.0 Å². The van der Waals surface area contributed by atoms with Gasteiger partial charge in [0.25, 0.3) is 0 Å². The van der Waals surface area contributed by atoms with Crippen molar-refractivity contribution >= 4 is 16.9 Å². The molecule has 0 aliphatic rings. The number of rotatable bonds is 3. The van der Waals surface area contributed by atoms with Crippen molar-refractivity contribution in [2.45, 2.75) is 26.7 Å². The van der Waals surface area contributed by atoms with Crippen LogP contribution in [0, 0.1) is 0 Å². The molecule has 1 aromatic carbocycles. The fourth-order valence-electron chi connectivity index (χ4n) is 1.96. The normalized spacial score (nSPS) is 10.9. The molecule has 0 saturated carbocycles. The van der Waals surface area contributed by atoms with E-state index in [1.165, 1.54) is 0 Å². The molecule has 0 saturated heterocycles. The third-order valence-electron chi connectivity index (χ3n) is 2.83. The summed E-state index contributed by atoms with van der Waals surface area (Å²) in [6, 6.07) is 6.90. The van der Waals surface area contributed by atoms with E-state index in [-0.39, 0.29) is 23.5 Å². The molecule has 0 fully saturated rings. The summed E-state index contributed by atoms with van der Waals surface area (Å²) in [5, 5.41) is 0.398. The van der Waals surface area contributed by atoms with E-state index in [1.807, 2.05) is 13.8 Å². The second-order valence-corrected chi connectivity index (χ2v) is 4.54. The Morgan fingerprint density at radius 1 is 1.32 bits per heavy atom. The van der Waals surface area contributed by atoms with Crippen molar-refractivity contribution in [3.05, 3.63) is 45.8 Å². The lowest BCUT2D eigenvalue weighted by molar-refractivity contribution is 0.0520. The first-order chi connectivity index (χ1) is 9.06. The van der Waals surface area contributed by atoms with E-state index in [9.17, 15) is 9.59 Å². The number of hydrogen-bond acceptors (Lipinski definition) is 4. The molecule has 1 aromatic heterocycles. The van der Waals surface area contributed by atoms with E-state index in [1.54, 1.807) is 31.2 Å². The standard InChI is InChI=1S/C15H16O4/c1-4-18-15(17)12-13(16)10-7-5-6-8-11(10)19-14(12)9(2)3/h5-9H,4H2,1-3H3. The highest BCUT2D eigenvalue weighted by Crippen LogP contribution is 2.22. The molecule has 1 heterocycles. The van der Waals surface area contributed by atoms with Gasteiger partial charge in [0.1, 0.15) is 16.9 Å². The molecule has 0 atom stereocenters. The Labute approximate surface area is 111 Å². The van der Waals surface area contributed by atoms with Gasteiger partial charge in [-0.15, -0.1) is 0 Å². The van der Waals surface area contributed by atoms with Crippen LogP contribution in [0.1, 0.15) is 42.8 Å². The minimum absolute atomic E-state index is 0.00977. The van der Waals surface area contributed by atoms with E-state index in [0.717, 1.165) is 0 Å². The smallest absolute Gasteiger partial charge is 0.345 e. The lowest BCUT2D eigenvalue weighted by Crippen LogP contribution is -2.21. The van der Waals surface area contributed by atoms with Crippen LogP contribution in [-0.4, -0.2) is 12.6 Å². The Hall–Kier alpha value is -2.10. The molecular weight excluding hydrogens is 244 g/mol. The number of hydrogen-bond donors (Lipinski definition) is 0. The first-order valence-corrected chi connectivity index (χ1v) is 6.29. The van der Waals surface area contributed by atoms with E-state index in [4.69, 9.17) is 9.15 Å². The maximum absolute atomic E-state index is 12.4. The van der Waals surface area contributed by atoms with Crippen molar-refractivity contribution in [2.75, 3.05) is 6.61 Å². The van der Waals surface area contributed by atoms with Gasteiger partial charge < -0.3 is 9.15 Å². The lowest BCUT2D eigenvalue weighted by atomic mass is 10.0. The predicted octanol–water partition coefficient (Wildman–Crippen LogP) is 3.09. The summed E-state index contributed by atoms with van der Waals surface area (Å²) in [7, 11) is 0. The van der Waals surface area contributed by atoms with Gasteiger partial charge in [0.2, 0.25) is 5.43 Å². The second-order valence-electron chi connectivity index (χ2n) is 4.54. The van der Waals surface area contributed by atoms with E-state index < -0.39 is 5.97 Å². The zero-order valence-electron chi connectivity index (χ0n) is 11.2. The van der Waals surface area contributed by atoms with Crippen LogP contribution in [0.5, 0.6) is 0 Å². The number of para-hydroxylation sites is 1. The molecule has 0 spiro atoms. The van der Waals surface area contributed by atoms with E-state index in [0.29, 0.717) is 16.7 Å². The van der Waals surface area contributed by atoms with E-state index in [2.05, 4.69) is 0 Å². The highest BCUT2D eigenvalue weighted by Gasteiger charge is 2.23. The molecule has 2 rings (SSSR count). The molecule has 0 unspecified atom stereocenters. The van der Waals surface area contributed by atoms with E-state index >= 15 is 0 Å². The van der Waals surface area contributed by atoms with Crippen molar-refractivity contribution in [1.29, 1.82) is 0 Å². The van der Waals surface area contributed by atoms with Crippen LogP contribution in [0.2, 0.25) is 0 Å². The number of ether oxygens (including phenoxy) is 1. The van der Waals surface area contributed by atoms with Crippen LogP contribution >= 0.6 is 0 Å². The van der Waals surface area contributed by atoms with Crippen molar-refractivity contribution in [1.82, 2.24) is 0 Å². The maximum Gasteiger partial charge on any atom is 0.345 e. The molecule has 19 heavy (non-hydrogen) atoms. The number of benzene rings is 1. The summed E-state index contributed by atoms with van der Waals surface area (Å²) in [6.45, 7) is 5.67. The summed E-state index contributed by atoms with van der Waals surface area (Å²) >= 11 is 0. The highest BCUT2D eigenvalue weighted by molar-refractivity contribution is 5.94. The molecule has 2 aromatic rings. The van der Waals surface area contributed by atoms with Gasteiger partial charge >= 0.3 is 5.97 Å². The van der Waals surface area contributed by atoms with Crippen molar-refractivity contribution in [2.24, 2.45) is 0 Å². The Balaban J connectivity index is 2.79. The summed E-state index contributed by atoms with van der Waals surface area (Å²) in [5.74, 6) is -0.315. The molecule has 0 aliphatic heterocycles. The summed E-state index contributed by atoms with van der Waals surface area (Å²) in [5.41, 5.74) is 0.170. The van der Waals surface area contributed by atoms with Crippen LogP contribution < -0.4 is 5.43 Å². The second kappa shape index (κ2) is 5.26. The first kappa shape index (κ1) is 13.3. The molecule has 4 nitrogen and oxygen atoms in total.